The van der Waals surface area contributed by atoms with Gasteiger partial charge in [0.2, 0.25) is 0 Å². The third-order valence-electron chi connectivity index (χ3n) is 3.77. The first-order valence-corrected chi connectivity index (χ1v) is 6.95. The molecule has 21 heavy (non-hydrogen) atoms. The zero-order valence-corrected chi connectivity index (χ0v) is 11.9. The number of ether oxygens (including phenoxy) is 1. The second kappa shape index (κ2) is 5.47. The molecule has 6 nitrogen and oxygen atoms in total. The van der Waals surface area contributed by atoms with Crippen LogP contribution >= 0.6 is 0 Å². The van der Waals surface area contributed by atoms with Gasteiger partial charge >= 0.3 is 6.09 Å². The Bertz CT molecular complexity index is 638. The Morgan fingerprint density at radius 1 is 1.38 bits per heavy atom. The van der Waals surface area contributed by atoms with Crippen LogP contribution < -0.4 is 5.73 Å². The van der Waals surface area contributed by atoms with E-state index in [0.717, 1.165) is 11.3 Å². The number of hydrogen-bond donors (Lipinski definition) is 1. The summed E-state index contributed by atoms with van der Waals surface area (Å²) < 4.78 is 7.23. The second-order valence-electron chi connectivity index (χ2n) is 5.12. The standard InChI is InChI=1S/C15H18N4O2/c1-11-14-13(16)9-17-19(14)8-7-18(11)15(20)21-10-12-5-3-2-4-6-12/h2-6,9,11H,7-8,10,16H2,1H3. The van der Waals surface area contributed by atoms with Gasteiger partial charge in [-0.2, -0.15) is 5.10 Å². The van der Waals surface area contributed by atoms with E-state index in [1.165, 1.54) is 0 Å². The number of amides is 1. The average Bonchev–Trinajstić information content (AvgIpc) is 2.88. The van der Waals surface area contributed by atoms with E-state index in [4.69, 9.17) is 10.5 Å². The number of nitrogens with zero attached hydrogens (tertiary/aromatic N) is 3. The summed E-state index contributed by atoms with van der Waals surface area (Å²) in [4.78, 5) is 13.9. The molecule has 2 aromatic rings. The number of benzene rings is 1. The van der Waals surface area contributed by atoms with Gasteiger partial charge in [-0.1, -0.05) is 30.3 Å². The molecule has 2 N–H and O–H groups in total. The van der Waals surface area contributed by atoms with Crippen LogP contribution in [0.25, 0.3) is 0 Å². The predicted octanol–water partition coefficient (Wildman–Crippen LogP) is 2.18. The van der Waals surface area contributed by atoms with Crippen molar-refractivity contribution in [2.75, 3.05) is 12.3 Å². The van der Waals surface area contributed by atoms with Crippen molar-refractivity contribution in [3.05, 3.63) is 47.8 Å². The molecule has 0 radical (unpaired) electrons. The predicted molar refractivity (Wildman–Crippen MR) is 78.4 cm³/mol. The fourth-order valence-corrected chi connectivity index (χ4v) is 2.64. The molecule has 6 heteroatoms. The van der Waals surface area contributed by atoms with Crippen LogP contribution in [-0.2, 0) is 17.9 Å². The number of nitrogens with two attached hydrogens (primary N) is 1. The van der Waals surface area contributed by atoms with Crippen molar-refractivity contribution in [3.8, 4) is 0 Å². The van der Waals surface area contributed by atoms with Gasteiger partial charge in [-0.05, 0) is 12.5 Å². The lowest BCUT2D eigenvalue weighted by atomic mass is 10.1. The minimum Gasteiger partial charge on any atom is -0.445 e. The summed E-state index contributed by atoms with van der Waals surface area (Å²) in [5.74, 6) is 0. The Balaban J connectivity index is 1.67. The number of carbonyl (C=O) groups excluding carboxylic acids is 1. The summed E-state index contributed by atoms with van der Waals surface area (Å²) >= 11 is 0. The van der Waals surface area contributed by atoms with Crippen LogP contribution in [0, 0.1) is 0 Å². The third kappa shape index (κ3) is 2.56. The molecule has 1 atom stereocenters. The van der Waals surface area contributed by atoms with Gasteiger partial charge in [-0.15, -0.1) is 0 Å². The molecule has 0 spiro atoms. The normalized spacial score (nSPS) is 17.4. The molecule has 1 amide bonds. The molecule has 0 bridgehead atoms. The molecule has 1 unspecified atom stereocenters. The highest BCUT2D eigenvalue weighted by molar-refractivity contribution is 5.69. The van der Waals surface area contributed by atoms with Gasteiger partial charge in [-0.3, -0.25) is 9.58 Å². The van der Waals surface area contributed by atoms with E-state index in [9.17, 15) is 4.79 Å². The fraction of sp³-hybridized carbons (Fsp3) is 0.333. The minimum absolute atomic E-state index is 0.135. The van der Waals surface area contributed by atoms with Crippen LogP contribution in [0.1, 0.15) is 24.2 Å². The summed E-state index contributed by atoms with van der Waals surface area (Å²) in [5.41, 5.74) is 8.38. The molecular formula is C15H18N4O2. The van der Waals surface area contributed by atoms with E-state index in [2.05, 4.69) is 5.10 Å². The van der Waals surface area contributed by atoms with Gasteiger partial charge in [0.25, 0.3) is 0 Å². The Labute approximate surface area is 123 Å². The van der Waals surface area contributed by atoms with Crippen LogP contribution in [0.15, 0.2) is 36.5 Å². The number of anilines is 1. The number of hydrogen-bond acceptors (Lipinski definition) is 4. The van der Waals surface area contributed by atoms with Crippen LogP contribution in [0.5, 0.6) is 0 Å². The zero-order chi connectivity index (χ0) is 14.8. The summed E-state index contributed by atoms with van der Waals surface area (Å²) in [6.07, 6.45) is 1.31. The lowest BCUT2D eigenvalue weighted by Crippen LogP contribution is -2.41. The van der Waals surface area contributed by atoms with Gasteiger partial charge in [0.15, 0.2) is 0 Å². The first-order valence-electron chi connectivity index (χ1n) is 6.95. The number of rotatable bonds is 2. The summed E-state index contributed by atoms with van der Waals surface area (Å²) in [5, 5.41) is 4.21. The summed E-state index contributed by atoms with van der Waals surface area (Å²) in [6, 6.07) is 9.50. The third-order valence-corrected chi connectivity index (χ3v) is 3.77. The lowest BCUT2D eigenvalue weighted by molar-refractivity contribution is 0.0726. The highest BCUT2D eigenvalue weighted by atomic mass is 16.6. The van der Waals surface area contributed by atoms with Crippen LogP contribution in [0.3, 0.4) is 0 Å². The average molecular weight is 286 g/mol. The van der Waals surface area contributed by atoms with Gasteiger partial charge in [0.1, 0.15) is 6.61 Å². The Morgan fingerprint density at radius 2 is 2.14 bits per heavy atom. The molecule has 1 aliphatic rings. The van der Waals surface area contributed by atoms with E-state index in [1.54, 1.807) is 11.1 Å². The number of fused-ring (bicyclic) bond motifs is 1. The maximum atomic E-state index is 12.3. The Hall–Kier alpha value is -2.50. The van der Waals surface area contributed by atoms with Crippen molar-refractivity contribution in [2.24, 2.45) is 0 Å². The van der Waals surface area contributed by atoms with Crippen molar-refractivity contribution in [3.63, 3.8) is 0 Å². The highest BCUT2D eigenvalue weighted by Gasteiger charge is 2.31. The van der Waals surface area contributed by atoms with Crippen molar-refractivity contribution in [1.82, 2.24) is 14.7 Å². The Morgan fingerprint density at radius 3 is 2.90 bits per heavy atom. The quantitative estimate of drug-likeness (QED) is 0.918. The van der Waals surface area contributed by atoms with Crippen LogP contribution in [0.4, 0.5) is 10.5 Å². The summed E-state index contributed by atoms with van der Waals surface area (Å²) in [7, 11) is 0. The molecule has 1 aliphatic heterocycles. The molecule has 0 fully saturated rings. The van der Waals surface area contributed by atoms with E-state index in [0.29, 0.717) is 18.8 Å². The van der Waals surface area contributed by atoms with Gasteiger partial charge in [0, 0.05) is 6.54 Å². The van der Waals surface area contributed by atoms with Crippen molar-refractivity contribution >= 4 is 11.8 Å². The molecule has 2 heterocycles. The smallest absolute Gasteiger partial charge is 0.410 e. The molecule has 110 valence electrons. The monoisotopic (exact) mass is 286 g/mol. The van der Waals surface area contributed by atoms with Crippen LogP contribution in [-0.4, -0.2) is 27.3 Å². The Kier molecular flexibility index (Phi) is 3.51. The summed E-state index contributed by atoms with van der Waals surface area (Å²) in [6.45, 7) is 3.42. The van der Waals surface area contributed by atoms with Crippen molar-refractivity contribution in [2.45, 2.75) is 26.1 Å². The first kappa shape index (κ1) is 13.5. The van der Waals surface area contributed by atoms with Crippen molar-refractivity contribution < 1.29 is 9.53 Å². The molecule has 0 aliphatic carbocycles. The maximum absolute atomic E-state index is 12.3. The fourth-order valence-electron chi connectivity index (χ4n) is 2.64. The van der Waals surface area contributed by atoms with E-state index >= 15 is 0 Å². The van der Waals surface area contributed by atoms with Gasteiger partial charge in [0.05, 0.1) is 30.2 Å². The highest BCUT2D eigenvalue weighted by Crippen LogP contribution is 2.29. The first-order chi connectivity index (χ1) is 10.2. The van der Waals surface area contributed by atoms with E-state index in [-0.39, 0.29) is 18.7 Å². The molecule has 0 saturated heterocycles. The molecule has 1 aromatic carbocycles. The maximum Gasteiger partial charge on any atom is 0.410 e. The van der Waals surface area contributed by atoms with Gasteiger partial charge < -0.3 is 10.5 Å². The van der Waals surface area contributed by atoms with E-state index < -0.39 is 0 Å². The largest absolute Gasteiger partial charge is 0.445 e. The van der Waals surface area contributed by atoms with Gasteiger partial charge in [-0.25, -0.2) is 4.79 Å². The number of carbonyl (C=O) groups is 1. The molecule has 0 saturated carbocycles. The second-order valence-corrected chi connectivity index (χ2v) is 5.12. The molecule has 3 rings (SSSR count). The molecular weight excluding hydrogens is 268 g/mol. The number of aromatic nitrogens is 2. The van der Waals surface area contributed by atoms with Crippen molar-refractivity contribution in [1.29, 1.82) is 0 Å². The van der Waals surface area contributed by atoms with Crippen LogP contribution in [0.2, 0.25) is 0 Å². The minimum atomic E-state index is -0.321. The zero-order valence-electron chi connectivity index (χ0n) is 11.9. The van der Waals surface area contributed by atoms with E-state index in [1.807, 2.05) is 41.9 Å². The molecule has 1 aromatic heterocycles. The lowest BCUT2D eigenvalue weighted by Gasteiger charge is -2.33. The SMILES string of the molecule is CC1c2c(N)cnn2CCN1C(=O)OCc1ccccc1. The topological polar surface area (TPSA) is 73.4 Å². The number of nitrogen functional groups attached to an aromatic ring is 1.